The van der Waals surface area contributed by atoms with Gasteiger partial charge in [0.15, 0.2) is 6.17 Å². The van der Waals surface area contributed by atoms with E-state index in [1.807, 2.05) is 0 Å². The van der Waals surface area contributed by atoms with Gasteiger partial charge in [-0.05, 0) is 12.8 Å². The van der Waals surface area contributed by atoms with Crippen LogP contribution in [0.5, 0.6) is 0 Å². The van der Waals surface area contributed by atoms with Crippen LogP contribution in [0.4, 0.5) is 0 Å². The Labute approximate surface area is 96.9 Å². The first-order chi connectivity index (χ1) is 7.79. The monoisotopic (exact) mass is 224 g/mol. The number of aliphatic imine (C=N–C) groups is 2. The van der Waals surface area contributed by atoms with E-state index < -0.39 is 6.17 Å². The maximum Gasteiger partial charge on any atom is 0.237 e. The van der Waals surface area contributed by atoms with Gasteiger partial charge in [0, 0.05) is 5.92 Å². The standard InChI is InChI=1S/C9H12N2O2.C3H8/c12-6-10-9(11-7-13)8-4-2-1-3-5-8;1-3-2/h8-9H,1-5H2;3H2,1-2H3. The molecule has 0 radical (unpaired) electrons. The molecule has 0 aliphatic heterocycles. The lowest BCUT2D eigenvalue weighted by Gasteiger charge is -2.22. The second-order valence-corrected chi connectivity index (χ2v) is 3.96. The molecule has 16 heavy (non-hydrogen) atoms. The summed E-state index contributed by atoms with van der Waals surface area (Å²) in [6.45, 7) is 4.25. The fraction of sp³-hybridized carbons (Fsp3) is 0.833. The van der Waals surface area contributed by atoms with Crippen molar-refractivity contribution < 1.29 is 9.59 Å². The van der Waals surface area contributed by atoms with Crippen LogP contribution in [-0.2, 0) is 9.59 Å². The highest BCUT2D eigenvalue weighted by Gasteiger charge is 2.22. The molecule has 4 nitrogen and oxygen atoms in total. The number of carbonyl (C=O) groups excluding carboxylic acids is 2. The van der Waals surface area contributed by atoms with Crippen molar-refractivity contribution in [3.8, 4) is 0 Å². The second-order valence-electron chi connectivity index (χ2n) is 3.96. The smallest absolute Gasteiger partial charge is 0.211 e. The van der Waals surface area contributed by atoms with Crippen LogP contribution in [-0.4, -0.2) is 18.3 Å². The summed E-state index contributed by atoms with van der Waals surface area (Å²) in [5, 5.41) is 0. The van der Waals surface area contributed by atoms with E-state index in [1.165, 1.54) is 25.0 Å². The molecule has 0 heterocycles. The highest BCUT2D eigenvalue weighted by molar-refractivity contribution is 5.37. The lowest BCUT2D eigenvalue weighted by molar-refractivity contribution is 0.310. The number of isocyanates is 2. The lowest BCUT2D eigenvalue weighted by atomic mass is 9.87. The van der Waals surface area contributed by atoms with E-state index in [9.17, 15) is 9.59 Å². The van der Waals surface area contributed by atoms with Crippen molar-refractivity contribution >= 4 is 12.2 Å². The minimum absolute atomic E-state index is 0.233. The minimum atomic E-state index is -0.532. The Morgan fingerprint density at radius 3 is 1.88 bits per heavy atom. The number of hydrogen-bond acceptors (Lipinski definition) is 4. The highest BCUT2D eigenvalue weighted by atomic mass is 16.1. The fourth-order valence-corrected chi connectivity index (χ4v) is 1.78. The second kappa shape index (κ2) is 10.3. The molecule has 0 N–H and O–H groups in total. The van der Waals surface area contributed by atoms with Gasteiger partial charge < -0.3 is 0 Å². The van der Waals surface area contributed by atoms with Crippen molar-refractivity contribution in [3.05, 3.63) is 0 Å². The van der Waals surface area contributed by atoms with Gasteiger partial charge in [-0.25, -0.2) is 9.59 Å². The number of rotatable bonds is 3. The Morgan fingerprint density at radius 2 is 1.50 bits per heavy atom. The zero-order valence-electron chi connectivity index (χ0n) is 10.1. The third kappa shape index (κ3) is 6.28. The summed E-state index contributed by atoms with van der Waals surface area (Å²) in [4.78, 5) is 27.1. The lowest BCUT2D eigenvalue weighted by Crippen LogP contribution is -2.19. The number of nitrogens with zero attached hydrogens (tertiary/aromatic N) is 2. The van der Waals surface area contributed by atoms with Crippen molar-refractivity contribution in [2.45, 2.75) is 58.5 Å². The largest absolute Gasteiger partial charge is 0.237 e. The summed E-state index contributed by atoms with van der Waals surface area (Å²) in [6.07, 6.45) is 9.08. The van der Waals surface area contributed by atoms with E-state index in [0.29, 0.717) is 0 Å². The fourth-order valence-electron chi connectivity index (χ4n) is 1.78. The summed E-state index contributed by atoms with van der Waals surface area (Å²) in [7, 11) is 0. The number of hydrogen-bond donors (Lipinski definition) is 0. The van der Waals surface area contributed by atoms with E-state index in [2.05, 4.69) is 23.8 Å². The molecule has 0 saturated heterocycles. The molecule has 1 aliphatic rings. The first-order valence-corrected chi connectivity index (χ1v) is 5.94. The summed E-state index contributed by atoms with van der Waals surface area (Å²) in [5.74, 6) is 0.233. The van der Waals surface area contributed by atoms with E-state index in [-0.39, 0.29) is 5.92 Å². The molecule has 90 valence electrons. The van der Waals surface area contributed by atoms with Crippen LogP contribution >= 0.6 is 0 Å². The molecule has 0 atom stereocenters. The van der Waals surface area contributed by atoms with Crippen molar-refractivity contribution in [2.75, 3.05) is 0 Å². The molecule has 1 aliphatic carbocycles. The zero-order valence-corrected chi connectivity index (χ0v) is 10.1. The average molecular weight is 224 g/mol. The SMILES string of the molecule is CCC.O=C=NC(N=C=O)C1CCCCC1. The van der Waals surface area contributed by atoms with Crippen LogP contribution in [0.2, 0.25) is 0 Å². The Bertz CT molecular complexity index is 242. The van der Waals surface area contributed by atoms with Crippen molar-refractivity contribution in [1.29, 1.82) is 0 Å². The quantitative estimate of drug-likeness (QED) is 0.546. The first-order valence-electron chi connectivity index (χ1n) is 5.94. The molecule has 0 aromatic carbocycles. The van der Waals surface area contributed by atoms with Gasteiger partial charge in [0.1, 0.15) is 0 Å². The van der Waals surface area contributed by atoms with Gasteiger partial charge in [-0.3, -0.25) is 0 Å². The first kappa shape index (κ1) is 14.8. The Balaban J connectivity index is 0.000000673. The molecule has 0 bridgehead atoms. The molecule has 0 spiro atoms. The van der Waals surface area contributed by atoms with E-state index in [1.54, 1.807) is 0 Å². The van der Waals surface area contributed by atoms with Gasteiger partial charge >= 0.3 is 0 Å². The van der Waals surface area contributed by atoms with Gasteiger partial charge in [-0.2, -0.15) is 9.98 Å². The van der Waals surface area contributed by atoms with Crippen LogP contribution in [0, 0.1) is 5.92 Å². The van der Waals surface area contributed by atoms with Crippen molar-refractivity contribution in [3.63, 3.8) is 0 Å². The van der Waals surface area contributed by atoms with E-state index >= 15 is 0 Å². The van der Waals surface area contributed by atoms with Crippen molar-refractivity contribution in [2.24, 2.45) is 15.9 Å². The Kier molecular flexibility index (Phi) is 9.49. The molecule has 0 unspecified atom stereocenters. The third-order valence-electron chi connectivity index (χ3n) is 2.44. The molecule has 1 rings (SSSR count). The maximum atomic E-state index is 10.1. The molecule has 4 heteroatoms. The molecule has 1 fully saturated rings. The third-order valence-corrected chi connectivity index (χ3v) is 2.44. The van der Waals surface area contributed by atoms with Gasteiger partial charge in [-0.1, -0.05) is 39.5 Å². The average Bonchev–Trinajstić information content (AvgIpc) is 2.31. The summed E-state index contributed by atoms with van der Waals surface area (Å²) < 4.78 is 0. The van der Waals surface area contributed by atoms with Crippen LogP contribution < -0.4 is 0 Å². The topological polar surface area (TPSA) is 58.9 Å². The van der Waals surface area contributed by atoms with Gasteiger partial charge in [0.2, 0.25) is 12.2 Å². The highest BCUT2D eigenvalue weighted by Crippen LogP contribution is 2.28. The molecule has 0 aromatic rings. The van der Waals surface area contributed by atoms with Crippen LogP contribution in [0.15, 0.2) is 9.98 Å². The molecule has 1 saturated carbocycles. The summed E-state index contributed by atoms with van der Waals surface area (Å²) >= 11 is 0. The Hall–Kier alpha value is -1.24. The van der Waals surface area contributed by atoms with Gasteiger partial charge in [0.05, 0.1) is 0 Å². The van der Waals surface area contributed by atoms with E-state index in [0.717, 1.165) is 25.7 Å². The van der Waals surface area contributed by atoms with Crippen molar-refractivity contribution in [1.82, 2.24) is 0 Å². The van der Waals surface area contributed by atoms with Gasteiger partial charge in [0.25, 0.3) is 0 Å². The summed E-state index contributed by atoms with van der Waals surface area (Å²) in [6, 6.07) is 0. The van der Waals surface area contributed by atoms with Crippen LogP contribution in [0.25, 0.3) is 0 Å². The zero-order chi connectivity index (χ0) is 12.2. The maximum absolute atomic E-state index is 10.1. The Morgan fingerprint density at radius 1 is 1.06 bits per heavy atom. The van der Waals surface area contributed by atoms with Crippen LogP contribution in [0.1, 0.15) is 52.4 Å². The normalized spacial score (nSPS) is 17.1. The molecule has 0 amide bonds. The van der Waals surface area contributed by atoms with Gasteiger partial charge in [-0.15, -0.1) is 0 Å². The molecular weight excluding hydrogens is 204 g/mol. The van der Waals surface area contributed by atoms with E-state index in [4.69, 9.17) is 0 Å². The summed E-state index contributed by atoms with van der Waals surface area (Å²) in [5.41, 5.74) is 0. The molecular formula is C12H20N2O2. The molecule has 0 aromatic heterocycles. The van der Waals surface area contributed by atoms with Crippen LogP contribution in [0.3, 0.4) is 0 Å². The predicted molar refractivity (Wildman–Crippen MR) is 62.6 cm³/mol. The minimum Gasteiger partial charge on any atom is -0.211 e. The predicted octanol–water partition coefficient (Wildman–Crippen LogP) is 2.98.